The largest absolute Gasteiger partial charge is 0.302 e. The summed E-state index contributed by atoms with van der Waals surface area (Å²) in [5.41, 5.74) is 3.55. The number of fused-ring (bicyclic) bond motifs is 2. The minimum Gasteiger partial charge on any atom is -0.302 e. The molecule has 18 heavy (non-hydrogen) atoms. The van der Waals surface area contributed by atoms with Gasteiger partial charge in [-0.25, -0.2) is 0 Å². The molecular weight excluding hydrogens is 246 g/mol. The average molecular weight is 258 g/mol. The quantitative estimate of drug-likeness (QED) is 0.729. The van der Waals surface area contributed by atoms with Crippen LogP contribution in [0.5, 0.6) is 0 Å². The number of pyridine rings is 1. The molecule has 0 N–H and O–H groups in total. The molecule has 1 aliphatic rings. The molecule has 0 radical (unpaired) electrons. The van der Waals surface area contributed by atoms with Crippen LogP contribution >= 0.6 is 11.6 Å². The van der Waals surface area contributed by atoms with Crippen molar-refractivity contribution in [2.24, 2.45) is 0 Å². The molecule has 1 aromatic heterocycles. The molecule has 4 heteroatoms. The highest BCUT2D eigenvalue weighted by Crippen LogP contribution is 2.30. The first-order valence-electron chi connectivity index (χ1n) is 5.89. The lowest BCUT2D eigenvalue weighted by Crippen LogP contribution is -2.28. The van der Waals surface area contributed by atoms with Crippen LogP contribution in [-0.2, 0) is 13.0 Å². The second-order valence-corrected chi connectivity index (χ2v) is 5.05. The molecule has 3 nitrogen and oxygen atoms in total. The molecule has 0 atom stereocenters. The number of rotatable bonds is 0. The molecule has 90 valence electrons. The van der Waals surface area contributed by atoms with Crippen LogP contribution in [0.15, 0.2) is 18.2 Å². The molecule has 0 amide bonds. The van der Waals surface area contributed by atoms with E-state index >= 15 is 0 Å². The highest BCUT2D eigenvalue weighted by Gasteiger charge is 2.21. The van der Waals surface area contributed by atoms with E-state index in [4.69, 9.17) is 11.6 Å². The molecule has 2 heterocycles. The van der Waals surface area contributed by atoms with Gasteiger partial charge in [-0.15, -0.1) is 0 Å². The summed E-state index contributed by atoms with van der Waals surface area (Å²) in [6.07, 6.45) is 0.877. The van der Waals surface area contributed by atoms with Gasteiger partial charge in [-0.2, -0.15) is 5.26 Å². The first-order chi connectivity index (χ1) is 8.70. The molecular formula is C14H12ClN3. The van der Waals surface area contributed by atoms with Crippen LogP contribution in [0.2, 0.25) is 5.02 Å². The number of para-hydroxylation sites is 1. The van der Waals surface area contributed by atoms with Gasteiger partial charge in [0.1, 0.15) is 6.07 Å². The fourth-order valence-corrected chi connectivity index (χ4v) is 2.71. The molecule has 3 rings (SSSR count). The molecule has 0 unspecified atom stereocenters. The number of hydrogen-bond acceptors (Lipinski definition) is 3. The third kappa shape index (κ3) is 1.66. The van der Waals surface area contributed by atoms with Crippen LogP contribution in [0.4, 0.5) is 0 Å². The summed E-state index contributed by atoms with van der Waals surface area (Å²) in [4.78, 5) is 6.86. The van der Waals surface area contributed by atoms with Gasteiger partial charge in [0.2, 0.25) is 0 Å². The van der Waals surface area contributed by atoms with Gasteiger partial charge in [0.15, 0.2) is 0 Å². The molecule has 1 aliphatic heterocycles. The number of hydrogen-bond donors (Lipinski definition) is 0. The predicted octanol–water partition coefficient (Wildman–Crippen LogP) is 2.75. The van der Waals surface area contributed by atoms with Crippen molar-refractivity contribution in [1.82, 2.24) is 9.88 Å². The van der Waals surface area contributed by atoms with Crippen LogP contribution in [0, 0.1) is 11.3 Å². The average Bonchev–Trinajstić information content (AvgIpc) is 2.37. The van der Waals surface area contributed by atoms with Gasteiger partial charge in [0.05, 0.1) is 16.1 Å². The molecule has 0 fully saturated rings. The number of aromatic nitrogens is 1. The zero-order valence-corrected chi connectivity index (χ0v) is 10.8. The molecule has 0 spiro atoms. The molecule has 0 saturated carbocycles. The lowest BCUT2D eigenvalue weighted by molar-refractivity contribution is 0.310. The van der Waals surface area contributed by atoms with E-state index in [1.807, 2.05) is 18.2 Å². The van der Waals surface area contributed by atoms with E-state index in [1.54, 1.807) is 0 Å². The van der Waals surface area contributed by atoms with Crippen molar-refractivity contribution in [1.29, 1.82) is 5.26 Å². The van der Waals surface area contributed by atoms with E-state index in [1.165, 1.54) is 0 Å². The fraction of sp³-hybridized carbons (Fsp3) is 0.286. The van der Waals surface area contributed by atoms with Crippen LogP contribution in [0.1, 0.15) is 16.8 Å². The summed E-state index contributed by atoms with van der Waals surface area (Å²) in [6.45, 7) is 1.76. The zero-order valence-electron chi connectivity index (χ0n) is 10.1. The number of benzene rings is 1. The number of nitrogens with zero attached hydrogens (tertiary/aromatic N) is 3. The Morgan fingerprint density at radius 3 is 3.06 bits per heavy atom. The van der Waals surface area contributed by atoms with E-state index in [9.17, 15) is 5.26 Å². The van der Waals surface area contributed by atoms with Crippen molar-refractivity contribution in [3.05, 3.63) is 40.0 Å². The Hall–Kier alpha value is -1.63. The summed E-state index contributed by atoms with van der Waals surface area (Å²) in [5.74, 6) is 0. The van der Waals surface area contributed by atoms with E-state index in [-0.39, 0.29) is 0 Å². The number of likely N-dealkylation sites (N-methyl/N-ethyl adjacent to an activating group) is 1. The van der Waals surface area contributed by atoms with Crippen LogP contribution < -0.4 is 0 Å². The topological polar surface area (TPSA) is 39.9 Å². The number of halogens is 1. The van der Waals surface area contributed by atoms with Crippen molar-refractivity contribution in [2.75, 3.05) is 13.6 Å². The highest BCUT2D eigenvalue weighted by molar-refractivity contribution is 6.35. The Morgan fingerprint density at radius 2 is 2.28 bits per heavy atom. The van der Waals surface area contributed by atoms with Gasteiger partial charge in [-0.05, 0) is 13.1 Å². The minimum atomic E-state index is 0.616. The first kappa shape index (κ1) is 11.5. The lowest BCUT2D eigenvalue weighted by Gasteiger charge is -2.25. The Bertz CT molecular complexity index is 673. The predicted molar refractivity (Wildman–Crippen MR) is 71.5 cm³/mol. The van der Waals surface area contributed by atoms with Crippen molar-refractivity contribution >= 4 is 22.5 Å². The maximum absolute atomic E-state index is 9.43. The molecule has 0 bridgehead atoms. The lowest BCUT2D eigenvalue weighted by atomic mass is 9.97. The van der Waals surface area contributed by atoms with Gasteiger partial charge < -0.3 is 4.90 Å². The summed E-state index contributed by atoms with van der Waals surface area (Å²) >= 11 is 6.17. The van der Waals surface area contributed by atoms with Gasteiger partial charge in [0.25, 0.3) is 0 Å². The van der Waals surface area contributed by atoms with Crippen molar-refractivity contribution in [2.45, 2.75) is 13.0 Å². The smallest absolute Gasteiger partial charge is 0.100 e. The normalized spacial score (nSPS) is 15.4. The molecule has 2 aromatic rings. The summed E-state index contributed by atoms with van der Waals surface area (Å²) in [5, 5.41) is 10.9. The van der Waals surface area contributed by atoms with E-state index in [0.29, 0.717) is 5.02 Å². The summed E-state index contributed by atoms with van der Waals surface area (Å²) in [7, 11) is 2.06. The van der Waals surface area contributed by atoms with E-state index in [0.717, 1.165) is 47.2 Å². The second-order valence-electron chi connectivity index (χ2n) is 4.65. The number of nitriles is 1. The maximum Gasteiger partial charge on any atom is 0.100 e. The van der Waals surface area contributed by atoms with Crippen LogP contribution in [0.3, 0.4) is 0 Å². The highest BCUT2D eigenvalue weighted by atomic mass is 35.5. The molecule has 0 saturated heterocycles. The maximum atomic E-state index is 9.43. The first-order valence-corrected chi connectivity index (χ1v) is 6.27. The van der Waals surface area contributed by atoms with Crippen LogP contribution in [0.25, 0.3) is 10.9 Å². The van der Waals surface area contributed by atoms with E-state index < -0.39 is 0 Å². The van der Waals surface area contributed by atoms with Crippen molar-refractivity contribution < 1.29 is 0 Å². The second kappa shape index (κ2) is 4.24. The third-order valence-electron chi connectivity index (χ3n) is 3.42. The van der Waals surface area contributed by atoms with Gasteiger partial charge in [-0.3, -0.25) is 4.98 Å². The minimum absolute atomic E-state index is 0.616. The third-order valence-corrected chi connectivity index (χ3v) is 3.73. The SMILES string of the molecule is CN1CCc2nc3c(Cl)cccc3c(C#N)c2C1. The van der Waals surface area contributed by atoms with Crippen molar-refractivity contribution in [3.8, 4) is 6.07 Å². The van der Waals surface area contributed by atoms with Gasteiger partial charge in [0, 0.05) is 36.2 Å². The zero-order chi connectivity index (χ0) is 12.7. The van der Waals surface area contributed by atoms with Crippen molar-refractivity contribution in [3.63, 3.8) is 0 Å². The fourth-order valence-electron chi connectivity index (χ4n) is 2.49. The molecule has 0 aliphatic carbocycles. The Morgan fingerprint density at radius 1 is 1.44 bits per heavy atom. The molecule has 1 aromatic carbocycles. The standard InChI is InChI=1S/C14H12ClN3/c1-18-6-5-13-11(8-18)10(7-16)9-3-2-4-12(15)14(9)17-13/h2-4H,5-6,8H2,1H3. The summed E-state index contributed by atoms with van der Waals surface area (Å²) < 4.78 is 0. The monoisotopic (exact) mass is 257 g/mol. The Labute approximate surface area is 111 Å². The van der Waals surface area contributed by atoms with Crippen LogP contribution in [-0.4, -0.2) is 23.5 Å². The Balaban J connectivity index is 2.38. The summed E-state index contributed by atoms with van der Waals surface area (Å²) in [6, 6.07) is 7.92. The van der Waals surface area contributed by atoms with Gasteiger partial charge in [-0.1, -0.05) is 23.7 Å². The Kier molecular flexibility index (Phi) is 2.70. The van der Waals surface area contributed by atoms with E-state index in [2.05, 4.69) is 23.0 Å². The van der Waals surface area contributed by atoms with Gasteiger partial charge >= 0.3 is 0 Å².